The van der Waals surface area contributed by atoms with Crippen molar-refractivity contribution in [3.63, 3.8) is 0 Å². The third kappa shape index (κ3) is 4.86. The van der Waals surface area contributed by atoms with E-state index in [1.807, 2.05) is 31.2 Å². The summed E-state index contributed by atoms with van der Waals surface area (Å²) in [4.78, 5) is 12.1. The molecule has 19 heavy (non-hydrogen) atoms. The second-order valence-corrected chi connectivity index (χ2v) is 5.47. The Morgan fingerprint density at radius 1 is 1.37 bits per heavy atom. The van der Waals surface area contributed by atoms with E-state index in [1.54, 1.807) is 0 Å². The van der Waals surface area contributed by atoms with E-state index in [-0.39, 0.29) is 17.9 Å². The monoisotopic (exact) mass is 327 g/mol. The molecule has 0 saturated carbocycles. The molecule has 0 aliphatic rings. The fourth-order valence-electron chi connectivity index (χ4n) is 2.03. The van der Waals surface area contributed by atoms with E-state index >= 15 is 0 Å². The van der Waals surface area contributed by atoms with Crippen molar-refractivity contribution in [2.45, 2.75) is 39.7 Å². The molecule has 0 radical (unpaired) electrons. The molecule has 0 bridgehead atoms. The van der Waals surface area contributed by atoms with Gasteiger partial charge >= 0.3 is 5.97 Å². The molecule has 0 heterocycles. The summed E-state index contributed by atoms with van der Waals surface area (Å²) in [7, 11) is 0. The van der Waals surface area contributed by atoms with Gasteiger partial charge in [-0.1, -0.05) is 32.4 Å². The van der Waals surface area contributed by atoms with Crippen molar-refractivity contribution in [3.8, 4) is 0 Å². The fraction of sp³-hybridized carbons (Fsp3) is 0.533. The average molecular weight is 328 g/mol. The van der Waals surface area contributed by atoms with Crippen LogP contribution in [-0.2, 0) is 9.53 Å². The molecule has 0 aliphatic carbocycles. The standard InChI is InChI=1S/C15H22BrNO2/c1-4-8-11(3)14(15(18)19-5-2)17-13-10-7-6-9-12(13)16/h6-7,9-11,14,17H,4-5,8H2,1-3H3. The van der Waals surface area contributed by atoms with Gasteiger partial charge in [0.2, 0.25) is 0 Å². The summed E-state index contributed by atoms with van der Waals surface area (Å²) in [6, 6.07) is 7.49. The summed E-state index contributed by atoms with van der Waals surface area (Å²) < 4.78 is 6.12. The number of hydrogen-bond acceptors (Lipinski definition) is 3. The Labute approximate surface area is 123 Å². The Balaban J connectivity index is 2.85. The van der Waals surface area contributed by atoms with Gasteiger partial charge in [-0.2, -0.15) is 0 Å². The van der Waals surface area contributed by atoms with Crippen LogP contribution in [0.3, 0.4) is 0 Å². The number of para-hydroxylation sites is 1. The highest BCUT2D eigenvalue weighted by Gasteiger charge is 2.26. The summed E-state index contributed by atoms with van der Waals surface area (Å²) in [6.45, 7) is 6.44. The van der Waals surface area contributed by atoms with Gasteiger partial charge in [0.1, 0.15) is 6.04 Å². The first-order chi connectivity index (χ1) is 9.10. The van der Waals surface area contributed by atoms with Gasteiger partial charge in [0.15, 0.2) is 0 Å². The summed E-state index contributed by atoms with van der Waals surface area (Å²) in [5, 5.41) is 3.30. The van der Waals surface area contributed by atoms with Crippen molar-refractivity contribution in [2.75, 3.05) is 11.9 Å². The maximum absolute atomic E-state index is 12.1. The molecule has 1 aromatic rings. The van der Waals surface area contributed by atoms with Crippen molar-refractivity contribution in [2.24, 2.45) is 5.92 Å². The van der Waals surface area contributed by atoms with E-state index < -0.39 is 0 Å². The van der Waals surface area contributed by atoms with Crippen LogP contribution in [0.5, 0.6) is 0 Å². The molecule has 0 aromatic heterocycles. The predicted molar refractivity (Wildman–Crippen MR) is 82.3 cm³/mol. The van der Waals surface area contributed by atoms with E-state index in [0.29, 0.717) is 6.61 Å². The van der Waals surface area contributed by atoms with Crippen molar-refractivity contribution in [1.82, 2.24) is 0 Å². The lowest BCUT2D eigenvalue weighted by Crippen LogP contribution is -2.37. The fourth-order valence-corrected chi connectivity index (χ4v) is 2.43. The molecule has 1 N–H and O–H groups in total. The molecule has 3 nitrogen and oxygen atoms in total. The third-order valence-electron chi connectivity index (χ3n) is 3.04. The molecule has 0 amide bonds. The third-order valence-corrected chi connectivity index (χ3v) is 3.73. The Morgan fingerprint density at radius 3 is 2.63 bits per heavy atom. The first-order valence-corrected chi connectivity index (χ1v) is 7.57. The highest BCUT2D eigenvalue weighted by Crippen LogP contribution is 2.25. The number of anilines is 1. The zero-order valence-electron chi connectivity index (χ0n) is 11.8. The van der Waals surface area contributed by atoms with E-state index in [1.165, 1.54) is 0 Å². The molecule has 0 fully saturated rings. The zero-order chi connectivity index (χ0) is 14.3. The second-order valence-electron chi connectivity index (χ2n) is 4.62. The van der Waals surface area contributed by atoms with Crippen LogP contribution in [0.25, 0.3) is 0 Å². The molecule has 0 aliphatic heterocycles. The van der Waals surface area contributed by atoms with E-state index in [2.05, 4.69) is 35.1 Å². The number of carbonyl (C=O) groups is 1. The molecule has 0 saturated heterocycles. The quantitative estimate of drug-likeness (QED) is 0.761. The molecular formula is C15H22BrNO2. The number of hydrogen-bond donors (Lipinski definition) is 1. The normalized spacial score (nSPS) is 13.7. The van der Waals surface area contributed by atoms with E-state index in [0.717, 1.165) is 23.0 Å². The highest BCUT2D eigenvalue weighted by atomic mass is 79.9. The van der Waals surface area contributed by atoms with Crippen LogP contribution in [0.2, 0.25) is 0 Å². The molecule has 4 heteroatoms. The van der Waals surface area contributed by atoms with Gasteiger partial charge < -0.3 is 10.1 Å². The molecule has 106 valence electrons. The van der Waals surface area contributed by atoms with Crippen LogP contribution < -0.4 is 5.32 Å². The molecule has 1 rings (SSSR count). The maximum Gasteiger partial charge on any atom is 0.328 e. The van der Waals surface area contributed by atoms with Gasteiger partial charge in [-0.15, -0.1) is 0 Å². The topological polar surface area (TPSA) is 38.3 Å². The Kier molecular flexibility index (Phi) is 6.92. The Hall–Kier alpha value is -1.03. The molecular weight excluding hydrogens is 306 g/mol. The first-order valence-electron chi connectivity index (χ1n) is 6.77. The van der Waals surface area contributed by atoms with Crippen LogP contribution >= 0.6 is 15.9 Å². The van der Waals surface area contributed by atoms with Gasteiger partial charge in [0.05, 0.1) is 6.61 Å². The largest absolute Gasteiger partial charge is 0.464 e. The Morgan fingerprint density at radius 2 is 2.05 bits per heavy atom. The average Bonchev–Trinajstić information content (AvgIpc) is 2.38. The van der Waals surface area contributed by atoms with Gasteiger partial charge in [-0.3, -0.25) is 0 Å². The van der Waals surface area contributed by atoms with E-state index in [9.17, 15) is 4.79 Å². The molecule has 0 spiro atoms. The smallest absolute Gasteiger partial charge is 0.328 e. The minimum atomic E-state index is -0.307. The molecule has 1 aromatic carbocycles. The van der Waals surface area contributed by atoms with Gasteiger partial charge in [-0.05, 0) is 47.3 Å². The van der Waals surface area contributed by atoms with Crippen molar-refractivity contribution < 1.29 is 9.53 Å². The van der Waals surface area contributed by atoms with Crippen LogP contribution in [0.1, 0.15) is 33.6 Å². The van der Waals surface area contributed by atoms with Crippen LogP contribution in [-0.4, -0.2) is 18.6 Å². The number of halogens is 1. The van der Waals surface area contributed by atoms with Gasteiger partial charge in [0.25, 0.3) is 0 Å². The minimum absolute atomic E-state index is 0.181. The second kappa shape index (κ2) is 8.20. The molecule has 2 atom stereocenters. The lowest BCUT2D eigenvalue weighted by Gasteiger charge is -2.24. The van der Waals surface area contributed by atoms with Crippen LogP contribution in [0, 0.1) is 5.92 Å². The van der Waals surface area contributed by atoms with Crippen LogP contribution in [0.15, 0.2) is 28.7 Å². The van der Waals surface area contributed by atoms with Gasteiger partial charge in [0, 0.05) is 10.2 Å². The van der Waals surface area contributed by atoms with Crippen molar-refractivity contribution >= 4 is 27.6 Å². The number of ether oxygens (including phenoxy) is 1. The summed E-state index contributed by atoms with van der Waals surface area (Å²) in [6.07, 6.45) is 2.04. The summed E-state index contributed by atoms with van der Waals surface area (Å²) >= 11 is 3.49. The SMILES string of the molecule is CCCC(C)C(Nc1ccccc1Br)C(=O)OCC. The number of carbonyl (C=O) groups excluding carboxylic acids is 1. The number of esters is 1. The van der Waals surface area contributed by atoms with Crippen LogP contribution in [0.4, 0.5) is 5.69 Å². The molecule has 2 unspecified atom stereocenters. The lowest BCUT2D eigenvalue weighted by molar-refractivity contribution is -0.145. The van der Waals surface area contributed by atoms with Gasteiger partial charge in [-0.25, -0.2) is 4.79 Å². The number of benzene rings is 1. The highest BCUT2D eigenvalue weighted by molar-refractivity contribution is 9.10. The van der Waals surface area contributed by atoms with Crippen molar-refractivity contribution in [3.05, 3.63) is 28.7 Å². The summed E-state index contributed by atoms with van der Waals surface area (Å²) in [5.74, 6) is 0.0513. The first kappa shape index (κ1) is 16.0. The van der Waals surface area contributed by atoms with E-state index in [4.69, 9.17) is 4.74 Å². The predicted octanol–water partition coefficient (Wildman–Crippen LogP) is 4.23. The zero-order valence-corrected chi connectivity index (χ0v) is 13.4. The van der Waals surface area contributed by atoms with Crippen molar-refractivity contribution in [1.29, 1.82) is 0 Å². The number of nitrogens with one attached hydrogen (secondary N) is 1. The maximum atomic E-state index is 12.1. The Bertz CT molecular complexity index is 409. The summed E-state index contributed by atoms with van der Waals surface area (Å²) in [5.41, 5.74) is 0.920. The lowest BCUT2D eigenvalue weighted by atomic mass is 9.96. The minimum Gasteiger partial charge on any atom is -0.464 e. The number of rotatable bonds is 7.